The van der Waals surface area contributed by atoms with Crippen LogP contribution in [0.4, 0.5) is 0 Å². The van der Waals surface area contributed by atoms with Crippen molar-refractivity contribution in [2.75, 3.05) is 0 Å². The van der Waals surface area contributed by atoms with Crippen LogP contribution in [0.2, 0.25) is 0 Å². The van der Waals surface area contributed by atoms with Gasteiger partial charge in [-0.25, -0.2) is 4.98 Å². The molecule has 0 amide bonds. The van der Waals surface area contributed by atoms with Crippen LogP contribution in [-0.2, 0) is 12.8 Å². The predicted molar refractivity (Wildman–Crippen MR) is 108 cm³/mol. The van der Waals surface area contributed by atoms with E-state index < -0.39 is 0 Å². The number of ketones is 1. The fourth-order valence-corrected chi connectivity index (χ4v) is 4.68. The summed E-state index contributed by atoms with van der Waals surface area (Å²) in [7, 11) is 0. The molecule has 3 aromatic carbocycles. The van der Waals surface area contributed by atoms with Gasteiger partial charge in [0.05, 0.1) is 16.8 Å². The van der Waals surface area contributed by atoms with Gasteiger partial charge in [0, 0.05) is 22.1 Å². The molecule has 0 saturated heterocycles. The number of rotatable bonds is 1. The summed E-state index contributed by atoms with van der Waals surface area (Å²) in [4.78, 5) is 18.3. The van der Waals surface area contributed by atoms with Crippen LogP contribution in [0, 0.1) is 0 Å². The second-order valence-corrected chi connectivity index (χ2v) is 7.44. The summed E-state index contributed by atoms with van der Waals surface area (Å²) in [5.74, 6) is 0.0920. The number of nitrogens with zero attached hydrogens (tertiary/aromatic N) is 1. The standard InChI is InChI=1S/C25H17NO/c27-25-19-12-5-4-11-18(19)24-23(25)22(15-7-2-1-3-8-15)20-13-16-9-6-10-17(16)14-21(20)26-24/h1-5,7-8,11-14H,6,9-10H2. The molecule has 2 aliphatic carbocycles. The number of pyridine rings is 1. The molecule has 0 N–H and O–H groups in total. The summed E-state index contributed by atoms with van der Waals surface area (Å²) in [5, 5.41) is 1.10. The maximum atomic E-state index is 13.3. The molecule has 0 fully saturated rings. The van der Waals surface area contributed by atoms with Gasteiger partial charge in [-0.1, -0.05) is 54.6 Å². The lowest BCUT2D eigenvalue weighted by molar-refractivity contribution is 0.104. The third kappa shape index (κ3) is 2.01. The molecule has 6 rings (SSSR count). The number of benzene rings is 3. The van der Waals surface area contributed by atoms with Gasteiger partial charge >= 0.3 is 0 Å². The zero-order valence-electron chi connectivity index (χ0n) is 14.8. The second-order valence-electron chi connectivity index (χ2n) is 7.44. The Morgan fingerprint density at radius 3 is 2.26 bits per heavy atom. The molecule has 0 bridgehead atoms. The molecule has 4 aromatic rings. The first kappa shape index (κ1) is 14.9. The van der Waals surface area contributed by atoms with E-state index in [1.807, 2.05) is 42.5 Å². The van der Waals surface area contributed by atoms with E-state index in [4.69, 9.17) is 4.98 Å². The quantitative estimate of drug-likeness (QED) is 0.395. The molecular weight excluding hydrogens is 330 g/mol. The third-order valence-electron chi connectivity index (χ3n) is 5.91. The van der Waals surface area contributed by atoms with Crippen molar-refractivity contribution in [2.24, 2.45) is 0 Å². The van der Waals surface area contributed by atoms with Gasteiger partial charge < -0.3 is 0 Å². The minimum atomic E-state index is 0.0920. The molecule has 2 nitrogen and oxygen atoms in total. The zero-order valence-corrected chi connectivity index (χ0v) is 14.8. The fourth-order valence-electron chi connectivity index (χ4n) is 4.68. The number of carbonyl (C=O) groups is 1. The number of aromatic nitrogens is 1. The average Bonchev–Trinajstić information content (AvgIpc) is 3.28. The minimum Gasteiger partial charge on any atom is -0.288 e. The molecular formula is C25H17NO. The van der Waals surface area contributed by atoms with Crippen LogP contribution < -0.4 is 0 Å². The van der Waals surface area contributed by atoms with E-state index in [-0.39, 0.29) is 5.78 Å². The van der Waals surface area contributed by atoms with Crippen LogP contribution in [0.5, 0.6) is 0 Å². The topological polar surface area (TPSA) is 30.0 Å². The van der Waals surface area contributed by atoms with Crippen molar-refractivity contribution in [3.63, 3.8) is 0 Å². The monoisotopic (exact) mass is 347 g/mol. The molecule has 1 heterocycles. The lowest BCUT2D eigenvalue weighted by atomic mass is 9.92. The molecule has 0 saturated carbocycles. The van der Waals surface area contributed by atoms with E-state index in [2.05, 4.69) is 24.3 Å². The summed E-state index contributed by atoms with van der Waals surface area (Å²) in [6.07, 6.45) is 3.44. The van der Waals surface area contributed by atoms with Gasteiger partial charge in [0.25, 0.3) is 0 Å². The highest BCUT2D eigenvalue weighted by Gasteiger charge is 2.32. The summed E-state index contributed by atoms with van der Waals surface area (Å²) >= 11 is 0. The first-order valence-corrected chi connectivity index (χ1v) is 9.50. The van der Waals surface area contributed by atoms with E-state index in [1.165, 1.54) is 17.5 Å². The van der Waals surface area contributed by atoms with Crippen molar-refractivity contribution in [1.29, 1.82) is 0 Å². The minimum absolute atomic E-state index is 0.0920. The summed E-state index contributed by atoms with van der Waals surface area (Å²) in [6.45, 7) is 0. The van der Waals surface area contributed by atoms with E-state index >= 15 is 0 Å². The lowest BCUT2D eigenvalue weighted by Crippen LogP contribution is -2.01. The summed E-state index contributed by atoms with van der Waals surface area (Å²) < 4.78 is 0. The van der Waals surface area contributed by atoms with Gasteiger partial charge in [-0.2, -0.15) is 0 Å². The smallest absolute Gasteiger partial charge is 0.196 e. The first-order chi connectivity index (χ1) is 13.3. The summed E-state index contributed by atoms with van der Waals surface area (Å²) in [5.41, 5.74) is 9.24. The Balaban J connectivity index is 1.79. The van der Waals surface area contributed by atoms with Crippen molar-refractivity contribution in [2.45, 2.75) is 19.3 Å². The van der Waals surface area contributed by atoms with E-state index in [0.29, 0.717) is 0 Å². The Kier molecular flexibility index (Phi) is 2.96. The molecule has 2 aliphatic rings. The zero-order chi connectivity index (χ0) is 18.0. The van der Waals surface area contributed by atoms with Crippen LogP contribution in [0.1, 0.15) is 33.5 Å². The van der Waals surface area contributed by atoms with Crippen LogP contribution in [0.15, 0.2) is 66.7 Å². The normalized spacial score (nSPS) is 14.3. The maximum absolute atomic E-state index is 13.3. The second kappa shape index (κ2) is 5.37. The molecule has 1 aromatic heterocycles. The highest BCUT2D eigenvalue weighted by atomic mass is 16.1. The summed E-state index contributed by atoms with van der Waals surface area (Å²) in [6, 6.07) is 22.6. The van der Waals surface area contributed by atoms with Crippen molar-refractivity contribution >= 4 is 16.7 Å². The number of aryl methyl sites for hydroxylation is 2. The lowest BCUT2D eigenvalue weighted by Gasteiger charge is -2.14. The van der Waals surface area contributed by atoms with Gasteiger partial charge in [-0.05, 0) is 48.1 Å². The molecule has 0 atom stereocenters. The highest BCUT2D eigenvalue weighted by molar-refractivity contribution is 6.26. The van der Waals surface area contributed by atoms with Crippen molar-refractivity contribution in [1.82, 2.24) is 4.98 Å². The maximum Gasteiger partial charge on any atom is 0.196 e. The van der Waals surface area contributed by atoms with Crippen molar-refractivity contribution < 1.29 is 4.79 Å². The van der Waals surface area contributed by atoms with Gasteiger partial charge in [0.2, 0.25) is 0 Å². The number of hydrogen-bond acceptors (Lipinski definition) is 2. The largest absolute Gasteiger partial charge is 0.288 e. The Bertz CT molecular complexity index is 1250. The molecule has 128 valence electrons. The average molecular weight is 347 g/mol. The highest BCUT2D eigenvalue weighted by Crippen LogP contribution is 2.44. The Morgan fingerprint density at radius 1 is 0.741 bits per heavy atom. The predicted octanol–water partition coefficient (Wildman–Crippen LogP) is 5.60. The number of hydrogen-bond donors (Lipinski definition) is 0. The van der Waals surface area contributed by atoms with E-state index in [1.54, 1.807) is 0 Å². The molecule has 0 spiro atoms. The Labute approximate surface area is 157 Å². The molecule has 2 heteroatoms. The van der Waals surface area contributed by atoms with Crippen LogP contribution in [0.25, 0.3) is 33.3 Å². The van der Waals surface area contributed by atoms with Crippen LogP contribution in [-0.4, -0.2) is 10.8 Å². The van der Waals surface area contributed by atoms with Crippen molar-refractivity contribution in [3.05, 3.63) is 89.0 Å². The van der Waals surface area contributed by atoms with E-state index in [0.717, 1.165) is 57.3 Å². The third-order valence-corrected chi connectivity index (χ3v) is 5.91. The Morgan fingerprint density at radius 2 is 1.44 bits per heavy atom. The Hall–Kier alpha value is -3.26. The van der Waals surface area contributed by atoms with Gasteiger partial charge in [0.15, 0.2) is 5.78 Å². The van der Waals surface area contributed by atoms with Gasteiger partial charge in [0.1, 0.15) is 0 Å². The van der Waals surface area contributed by atoms with Crippen LogP contribution >= 0.6 is 0 Å². The van der Waals surface area contributed by atoms with Gasteiger partial charge in [-0.3, -0.25) is 4.79 Å². The van der Waals surface area contributed by atoms with E-state index in [9.17, 15) is 4.79 Å². The fraction of sp³-hybridized carbons (Fsp3) is 0.120. The molecule has 0 unspecified atom stereocenters. The van der Waals surface area contributed by atoms with Gasteiger partial charge in [-0.15, -0.1) is 0 Å². The molecule has 0 aliphatic heterocycles. The molecule has 0 radical (unpaired) electrons. The first-order valence-electron chi connectivity index (χ1n) is 9.50. The number of fused-ring (bicyclic) bond motifs is 5. The number of carbonyl (C=O) groups excluding carboxylic acids is 1. The molecule has 27 heavy (non-hydrogen) atoms. The SMILES string of the molecule is O=C1c2ccccc2-c2nc3cc4c(cc3c(-c3ccccc3)c21)CCC4. The van der Waals surface area contributed by atoms with Crippen molar-refractivity contribution in [3.8, 4) is 22.4 Å². The van der Waals surface area contributed by atoms with Crippen LogP contribution in [0.3, 0.4) is 0 Å².